The normalized spacial score (nSPS) is 12.9. The molecular weight excluding hydrogens is 159 g/mol. The fourth-order valence-corrected chi connectivity index (χ4v) is 1.02. The van der Waals surface area contributed by atoms with Crippen LogP contribution in [0.2, 0.25) is 0 Å². The third-order valence-corrected chi connectivity index (χ3v) is 1.55. The molecule has 3 heteroatoms. The van der Waals surface area contributed by atoms with E-state index in [9.17, 15) is 4.39 Å². The zero-order chi connectivity index (χ0) is 9.14. The van der Waals surface area contributed by atoms with Crippen LogP contribution in [-0.2, 0) is 6.42 Å². The molecule has 0 fully saturated rings. The van der Waals surface area contributed by atoms with Crippen LogP contribution in [0.25, 0.3) is 0 Å². The van der Waals surface area contributed by atoms with E-state index in [1.807, 2.05) is 0 Å². The van der Waals surface area contributed by atoms with Gasteiger partial charge in [0.05, 0.1) is 6.10 Å². The molecule has 0 unspecified atom stereocenters. The Balaban J connectivity index is 2.86. The maximum absolute atomic E-state index is 12.9. The molecule has 1 aromatic carbocycles. The monoisotopic (exact) mass is 170 g/mol. The maximum atomic E-state index is 12.9. The molecule has 0 bridgehead atoms. The first kappa shape index (κ1) is 9.00. The summed E-state index contributed by atoms with van der Waals surface area (Å²) in [7, 11) is 0. The molecule has 0 saturated carbocycles. The summed E-state index contributed by atoms with van der Waals surface area (Å²) in [5, 5.41) is 17.8. The number of aliphatic hydroxyl groups is 1. The van der Waals surface area contributed by atoms with Crippen molar-refractivity contribution < 1.29 is 14.6 Å². The first-order valence-corrected chi connectivity index (χ1v) is 3.75. The van der Waals surface area contributed by atoms with Gasteiger partial charge < -0.3 is 10.2 Å². The molecule has 1 atom stereocenters. The molecule has 0 aliphatic carbocycles. The van der Waals surface area contributed by atoms with Gasteiger partial charge in [-0.25, -0.2) is 4.39 Å². The Hall–Kier alpha value is -1.09. The maximum Gasteiger partial charge on any atom is 0.130 e. The molecule has 1 aromatic rings. The number of phenolic OH excluding ortho intramolecular Hbond substituents is 1. The number of phenols is 1. The van der Waals surface area contributed by atoms with Gasteiger partial charge in [-0.15, -0.1) is 0 Å². The Morgan fingerprint density at radius 1 is 1.50 bits per heavy atom. The number of rotatable bonds is 2. The van der Waals surface area contributed by atoms with Crippen LogP contribution in [0.4, 0.5) is 4.39 Å². The van der Waals surface area contributed by atoms with E-state index in [0.29, 0.717) is 5.56 Å². The zero-order valence-corrected chi connectivity index (χ0v) is 6.79. The van der Waals surface area contributed by atoms with Gasteiger partial charge in [0.15, 0.2) is 0 Å². The summed E-state index contributed by atoms with van der Waals surface area (Å²) in [6.45, 7) is 1.59. The van der Waals surface area contributed by atoms with E-state index < -0.39 is 11.9 Å². The van der Waals surface area contributed by atoms with Crippen molar-refractivity contribution in [2.75, 3.05) is 0 Å². The Labute approximate surface area is 70.3 Å². The van der Waals surface area contributed by atoms with Crippen molar-refractivity contribution in [2.24, 2.45) is 0 Å². The van der Waals surface area contributed by atoms with E-state index in [-0.39, 0.29) is 12.2 Å². The molecule has 0 heterocycles. The van der Waals surface area contributed by atoms with E-state index >= 15 is 0 Å². The smallest absolute Gasteiger partial charge is 0.130 e. The summed E-state index contributed by atoms with van der Waals surface area (Å²) in [5.74, 6) is -0.572. The standard InChI is InChI=1S/C9H11FO2/c1-6(11)4-7-2-3-8(12)5-9(7)10/h2-3,5-6,11-12H,4H2,1H3/t6-/m0/s1. The number of aliphatic hydroxyl groups excluding tert-OH is 1. The highest BCUT2D eigenvalue weighted by Gasteiger charge is 2.05. The van der Waals surface area contributed by atoms with Gasteiger partial charge in [0.25, 0.3) is 0 Å². The van der Waals surface area contributed by atoms with Crippen molar-refractivity contribution in [1.29, 1.82) is 0 Å². The highest BCUT2D eigenvalue weighted by atomic mass is 19.1. The molecular formula is C9H11FO2. The largest absolute Gasteiger partial charge is 0.508 e. The van der Waals surface area contributed by atoms with Gasteiger partial charge in [-0.1, -0.05) is 6.07 Å². The summed E-state index contributed by atoms with van der Waals surface area (Å²) in [5.41, 5.74) is 0.419. The molecule has 2 nitrogen and oxygen atoms in total. The third kappa shape index (κ3) is 2.20. The Morgan fingerprint density at radius 3 is 2.67 bits per heavy atom. The van der Waals surface area contributed by atoms with Gasteiger partial charge in [-0.2, -0.15) is 0 Å². The van der Waals surface area contributed by atoms with Crippen LogP contribution in [0.1, 0.15) is 12.5 Å². The zero-order valence-electron chi connectivity index (χ0n) is 6.79. The molecule has 0 saturated heterocycles. The topological polar surface area (TPSA) is 40.5 Å². The van der Waals surface area contributed by atoms with Crippen molar-refractivity contribution in [1.82, 2.24) is 0 Å². The first-order chi connectivity index (χ1) is 5.59. The van der Waals surface area contributed by atoms with Crippen molar-refractivity contribution >= 4 is 0 Å². The SMILES string of the molecule is C[C@H](O)Cc1ccc(O)cc1F. The summed E-state index contributed by atoms with van der Waals surface area (Å²) in [6.07, 6.45) is -0.296. The van der Waals surface area contributed by atoms with Gasteiger partial charge in [0.2, 0.25) is 0 Å². The van der Waals surface area contributed by atoms with Crippen LogP contribution < -0.4 is 0 Å². The van der Waals surface area contributed by atoms with Crippen molar-refractivity contribution in [2.45, 2.75) is 19.4 Å². The van der Waals surface area contributed by atoms with Crippen LogP contribution in [0.3, 0.4) is 0 Å². The molecule has 1 rings (SSSR count). The van der Waals surface area contributed by atoms with Gasteiger partial charge >= 0.3 is 0 Å². The predicted molar refractivity (Wildman–Crippen MR) is 43.4 cm³/mol. The van der Waals surface area contributed by atoms with Crippen molar-refractivity contribution in [3.63, 3.8) is 0 Å². The lowest BCUT2D eigenvalue weighted by atomic mass is 10.1. The molecule has 0 amide bonds. The van der Waals surface area contributed by atoms with Crippen molar-refractivity contribution in [3.05, 3.63) is 29.6 Å². The number of aromatic hydroxyl groups is 1. The molecule has 0 aliphatic heterocycles. The fraction of sp³-hybridized carbons (Fsp3) is 0.333. The second-order valence-corrected chi connectivity index (χ2v) is 2.83. The molecule has 0 spiro atoms. The van der Waals surface area contributed by atoms with Crippen LogP contribution >= 0.6 is 0 Å². The average molecular weight is 170 g/mol. The van der Waals surface area contributed by atoms with Crippen LogP contribution in [0.15, 0.2) is 18.2 Å². The van der Waals surface area contributed by atoms with E-state index in [4.69, 9.17) is 10.2 Å². The lowest BCUT2D eigenvalue weighted by Gasteiger charge is -2.05. The van der Waals surface area contributed by atoms with E-state index in [0.717, 1.165) is 6.07 Å². The molecule has 0 aliphatic rings. The summed E-state index contributed by atoms with van der Waals surface area (Å²) < 4.78 is 12.9. The molecule has 2 N–H and O–H groups in total. The molecule has 0 aromatic heterocycles. The van der Waals surface area contributed by atoms with Gasteiger partial charge in [0, 0.05) is 12.5 Å². The average Bonchev–Trinajstić information content (AvgIpc) is 1.94. The highest BCUT2D eigenvalue weighted by molar-refractivity contribution is 5.27. The number of benzene rings is 1. The lowest BCUT2D eigenvalue weighted by molar-refractivity contribution is 0.194. The highest BCUT2D eigenvalue weighted by Crippen LogP contribution is 2.16. The van der Waals surface area contributed by atoms with Crippen LogP contribution in [0.5, 0.6) is 5.75 Å². The van der Waals surface area contributed by atoms with Crippen LogP contribution in [-0.4, -0.2) is 16.3 Å². The number of hydrogen-bond acceptors (Lipinski definition) is 2. The van der Waals surface area contributed by atoms with Gasteiger partial charge in [-0.3, -0.25) is 0 Å². The van der Waals surface area contributed by atoms with E-state index in [1.165, 1.54) is 12.1 Å². The Morgan fingerprint density at radius 2 is 2.17 bits per heavy atom. The molecule has 12 heavy (non-hydrogen) atoms. The summed E-state index contributed by atoms with van der Waals surface area (Å²) in [4.78, 5) is 0. The Bertz CT molecular complexity index is 271. The minimum absolute atomic E-state index is 0.0955. The van der Waals surface area contributed by atoms with Gasteiger partial charge in [-0.05, 0) is 18.6 Å². The van der Waals surface area contributed by atoms with E-state index in [2.05, 4.69) is 0 Å². The molecule has 66 valence electrons. The number of hydrogen-bond donors (Lipinski definition) is 2. The second kappa shape index (κ2) is 3.54. The number of halogens is 1. The lowest BCUT2D eigenvalue weighted by Crippen LogP contribution is -2.05. The van der Waals surface area contributed by atoms with E-state index in [1.54, 1.807) is 6.92 Å². The van der Waals surface area contributed by atoms with Gasteiger partial charge in [0.1, 0.15) is 11.6 Å². The summed E-state index contributed by atoms with van der Waals surface area (Å²) >= 11 is 0. The first-order valence-electron chi connectivity index (χ1n) is 3.75. The summed E-state index contributed by atoms with van der Waals surface area (Å²) in [6, 6.07) is 3.91. The quantitative estimate of drug-likeness (QED) is 0.705. The van der Waals surface area contributed by atoms with Crippen molar-refractivity contribution in [3.8, 4) is 5.75 Å². The van der Waals surface area contributed by atoms with Crippen LogP contribution in [0, 0.1) is 5.82 Å². The third-order valence-electron chi connectivity index (χ3n) is 1.55. The minimum Gasteiger partial charge on any atom is -0.508 e. The minimum atomic E-state index is -0.566. The molecule has 0 radical (unpaired) electrons. The second-order valence-electron chi connectivity index (χ2n) is 2.83. The fourth-order valence-electron chi connectivity index (χ4n) is 1.02. The predicted octanol–water partition coefficient (Wildman–Crippen LogP) is 1.45. The Kier molecular flexibility index (Phi) is 2.65.